The molecule has 0 radical (unpaired) electrons. The van der Waals surface area contributed by atoms with E-state index in [9.17, 15) is 35.9 Å². The summed E-state index contributed by atoms with van der Waals surface area (Å²) >= 11 is 0. The van der Waals surface area contributed by atoms with Crippen LogP contribution in [0, 0.1) is 0 Å². The average molecular weight is 494 g/mol. The molecule has 0 bridgehead atoms. The van der Waals surface area contributed by atoms with Crippen LogP contribution in [0.3, 0.4) is 0 Å². The number of nitrogens with two attached hydrogens (primary N) is 1. The lowest BCUT2D eigenvalue weighted by molar-refractivity contribution is -0.143. The number of hydrogen-bond acceptors (Lipinski definition) is 2. The van der Waals surface area contributed by atoms with Crippen LogP contribution in [0.15, 0.2) is 78.9 Å². The number of carbonyl (C=O) groups is 2. The van der Waals surface area contributed by atoms with Gasteiger partial charge >= 0.3 is 12.4 Å². The Morgan fingerprint density at radius 2 is 1.17 bits per heavy atom. The quantitative estimate of drug-likeness (QED) is 0.451. The van der Waals surface area contributed by atoms with E-state index >= 15 is 0 Å². The van der Waals surface area contributed by atoms with Gasteiger partial charge in [0.05, 0.1) is 17.5 Å². The van der Waals surface area contributed by atoms with Gasteiger partial charge in [0.1, 0.15) is 6.04 Å². The van der Waals surface area contributed by atoms with E-state index in [0.29, 0.717) is 23.3 Å². The Morgan fingerprint density at radius 1 is 0.743 bits per heavy atom. The lowest BCUT2D eigenvalue weighted by Gasteiger charge is -2.27. The molecule has 0 unspecified atom stereocenters. The summed E-state index contributed by atoms with van der Waals surface area (Å²) in [6.45, 7) is 0. The highest BCUT2D eigenvalue weighted by atomic mass is 19.4. The maximum absolute atomic E-state index is 13.1. The summed E-state index contributed by atoms with van der Waals surface area (Å²) in [6, 6.07) is 16.8. The minimum absolute atomic E-state index is 0.0194. The van der Waals surface area contributed by atoms with Gasteiger partial charge in [-0.2, -0.15) is 26.3 Å². The van der Waals surface area contributed by atoms with Gasteiger partial charge in [-0.3, -0.25) is 9.59 Å². The van der Waals surface area contributed by atoms with Crippen LogP contribution in [0.5, 0.6) is 0 Å². The highest BCUT2D eigenvalue weighted by Crippen LogP contribution is 2.36. The second-order valence-corrected chi connectivity index (χ2v) is 7.84. The normalized spacial score (nSPS) is 12.9. The molecular formula is C25H20F6N2O2. The van der Waals surface area contributed by atoms with Gasteiger partial charge in [-0.1, -0.05) is 60.7 Å². The third-order valence-corrected chi connectivity index (χ3v) is 5.29. The number of benzene rings is 3. The predicted octanol–water partition coefficient (Wildman–Crippen LogP) is 5.07. The number of hydrogen-bond donors (Lipinski definition) is 2. The van der Waals surface area contributed by atoms with E-state index in [2.05, 4.69) is 5.32 Å². The zero-order valence-electron chi connectivity index (χ0n) is 18.0. The molecule has 3 N–H and O–H groups in total. The molecule has 10 heteroatoms. The van der Waals surface area contributed by atoms with Gasteiger partial charge in [0.15, 0.2) is 0 Å². The van der Waals surface area contributed by atoms with Crippen molar-refractivity contribution < 1.29 is 35.9 Å². The minimum atomic E-state index is -5.05. The van der Waals surface area contributed by atoms with Crippen molar-refractivity contribution in [2.24, 2.45) is 5.73 Å². The molecule has 3 rings (SSSR count). The van der Waals surface area contributed by atoms with Gasteiger partial charge in [-0.25, -0.2) is 0 Å². The molecular weight excluding hydrogens is 474 g/mol. The van der Waals surface area contributed by atoms with Crippen LogP contribution in [0.4, 0.5) is 26.3 Å². The number of rotatable bonds is 7. The molecule has 184 valence electrons. The molecule has 3 aromatic rings. The zero-order chi connectivity index (χ0) is 25.8. The first-order valence-corrected chi connectivity index (χ1v) is 10.3. The SMILES string of the molecule is NC(=O)[C@H](NC(=O)Cc1cc(C(F)(F)F)cc(C(F)(F)F)c1)C(c1ccccc1)c1ccccc1. The van der Waals surface area contributed by atoms with Gasteiger partial charge in [0.25, 0.3) is 0 Å². The number of amides is 2. The van der Waals surface area contributed by atoms with Gasteiger partial charge in [0, 0.05) is 5.92 Å². The van der Waals surface area contributed by atoms with Crippen LogP contribution >= 0.6 is 0 Å². The van der Waals surface area contributed by atoms with E-state index in [0.717, 1.165) is 0 Å². The van der Waals surface area contributed by atoms with Crippen molar-refractivity contribution in [3.63, 3.8) is 0 Å². The van der Waals surface area contributed by atoms with Crippen LogP contribution in [-0.2, 0) is 28.4 Å². The monoisotopic (exact) mass is 494 g/mol. The molecule has 0 aliphatic rings. The Morgan fingerprint density at radius 3 is 1.54 bits per heavy atom. The average Bonchev–Trinajstić information content (AvgIpc) is 2.78. The fourth-order valence-corrected chi connectivity index (χ4v) is 3.75. The van der Waals surface area contributed by atoms with E-state index in [1.165, 1.54) is 0 Å². The Balaban J connectivity index is 1.94. The van der Waals surface area contributed by atoms with Crippen molar-refractivity contribution in [2.75, 3.05) is 0 Å². The van der Waals surface area contributed by atoms with Crippen molar-refractivity contribution in [3.05, 3.63) is 107 Å². The molecule has 0 aromatic heterocycles. The van der Waals surface area contributed by atoms with Crippen LogP contribution in [0.1, 0.15) is 33.7 Å². The molecule has 0 heterocycles. The van der Waals surface area contributed by atoms with E-state index in [4.69, 9.17) is 5.73 Å². The Kier molecular flexibility index (Phi) is 7.52. The molecule has 0 aliphatic heterocycles. The van der Waals surface area contributed by atoms with Crippen LogP contribution in [-0.4, -0.2) is 17.9 Å². The number of primary amides is 1. The van der Waals surface area contributed by atoms with Crippen molar-refractivity contribution in [1.82, 2.24) is 5.32 Å². The molecule has 0 saturated heterocycles. The van der Waals surface area contributed by atoms with Gasteiger partial charge < -0.3 is 11.1 Å². The molecule has 0 saturated carbocycles. The largest absolute Gasteiger partial charge is 0.416 e. The van der Waals surface area contributed by atoms with Crippen molar-refractivity contribution >= 4 is 11.8 Å². The first-order chi connectivity index (χ1) is 16.4. The Bertz CT molecular complexity index is 1110. The first-order valence-electron chi connectivity index (χ1n) is 10.3. The smallest absolute Gasteiger partial charge is 0.368 e. The lowest BCUT2D eigenvalue weighted by atomic mass is 9.84. The highest BCUT2D eigenvalue weighted by molar-refractivity contribution is 5.89. The lowest BCUT2D eigenvalue weighted by Crippen LogP contribution is -2.49. The molecule has 3 aromatic carbocycles. The minimum Gasteiger partial charge on any atom is -0.368 e. The van der Waals surface area contributed by atoms with Crippen LogP contribution in [0.25, 0.3) is 0 Å². The van der Waals surface area contributed by atoms with Crippen molar-refractivity contribution in [2.45, 2.75) is 30.7 Å². The van der Waals surface area contributed by atoms with E-state index < -0.39 is 59.2 Å². The summed E-state index contributed by atoms with van der Waals surface area (Å²) in [5.41, 5.74) is 3.24. The molecule has 0 fully saturated rings. The van der Waals surface area contributed by atoms with E-state index in [-0.39, 0.29) is 6.07 Å². The maximum atomic E-state index is 13.1. The van der Waals surface area contributed by atoms with Crippen molar-refractivity contribution in [1.29, 1.82) is 0 Å². The summed E-state index contributed by atoms with van der Waals surface area (Å²) in [5, 5.41) is 2.40. The highest BCUT2D eigenvalue weighted by Gasteiger charge is 2.37. The van der Waals surface area contributed by atoms with Crippen LogP contribution < -0.4 is 11.1 Å². The third-order valence-electron chi connectivity index (χ3n) is 5.29. The molecule has 35 heavy (non-hydrogen) atoms. The van der Waals surface area contributed by atoms with Crippen LogP contribution in [0.2, 0.25) is 0 Å². The second-order valence-electron chi connectivity index (χ2n) is 7.84. The molecule has 4 nitrogen and oxygen atoms in total. The van der Waals surface area contributed by atoms with Crippen molar-refractivity contribution in [3.8, 4) is 0 Å². The number of nitrogens with one attached hydrogen (secondary N) is 1. The second kappa shape index (κ2) is 10.2. The number of alkyl halides is 6. The van der Waals surface area contributed by atoms with Gasteiger partial charge in [0.2, 0.25) is 11.8 Å². The summed E-state index contributed by atoms with van der Waals surface area (Å²) in [5.74, 6) is -2.62. The molecule has 2 amide bonds. The Hall–Kier alpha value is -3.82. The van der Waals surface area contributed by atoms with Gasteiger partial charge in [-0.15, -0.1) is 0 Å². The molecule has 0 aliphatic carbocycles. The summed E-state index contributed by atoms with van der Waals surface area (Å²) < 4.78 is 78.8. The Labute approximate surface area is 196 Å². The standard InChI is InChI=1S/C25H20F6N2O2/c26-24(27,28)18-11-15(12-19(14-18)25(29,30)31)13-20(34)33-22(23(32)35)21(16-7-3-1-4-8-16)17-9-5-2-6-10-17/h1-12,14,21-22H,13H2,(H2,32,35)(H,33,34)/t22-/m1/s1. The number of halogens is 6. The molecule has 1 atom stereocenters. The van der Waals surface area contributed by atoms with E-state index in [1.807, 2.05) is 0 Å². The zero-order valence-corrected chi connectivity index (χ0v) is 18.0. The number of carbonyl (C=O) groups excluding carboxylic acids is 2. The summed E-state index contributed by atoms with van der Waals surface area (Å²) in [6.07, 6.45) is -10.9. The summed E-state index contributed by atoms with van der Waals surface area (Å²) in [4.78, 5) is 25.1. The fraction of sp³-hybridized carbons (Fsp3) is 0.200. The maximum Gasteiger partial charge on any atom is 0.416 e. The topological polar surface area (TPSA) is 72.2 Å². The summed E-state index contributed by atoms with van der Waals surface area (Å²) in [7, 11) is 0. The fourth-order valence-electron chi connectivity index (χ4n) is 3.75. The third kappa shape index (κ3) is 6.62. The first kappa shape index (κ1) is 25.8. The van der Waals surface area contributed by atoms with Gasteiger partial charge in [-0.05, 0) is 34.9 Å². The van der Waals surface area contributed by atoms with E-state index in [1.54, 1.807) is 60.7 Å². The molecule has 0 spiro atoms. The predicted molar refractivity (Wildman–Crippen MR) is 116 cm³/mol.